The highest BCUT2D eigenvalue weighted by molar-refractivity contribution is 8.00. The van der Waals surface area contributed by atoms with Gasteiger partial charge in [0.05, 0.1) is 5.75 Å². The third-order valence-electron chi connectivity index (χ3n) is 3.86. The SMILES string of the molecule is CC(C)c1ccc(N2C(=O)CSC2c2ccc(Cl)cc2)cc1. The van der Waals surface area contributed by atoms with E-state index in [0.717, 1.165) is 11.3 Å². The first-order chi connectivity index (χ1) is 10.6. The number of amides is 1. The maximum Gasteiger partial charge on any atom is 0.238 e. The van der Waals surface area contributed by atoms with Gasteiger partial charge in [-0.3, -0.25) is 9.69 Å². The summed E-state index contributed by atoms with van der Waals surface area (Å²) in [5.41, 5.74) is 3.35. The van der Waals surface area contributed by atoms with E-state index in [4.69, 9.17) is 11.6 Å². The molecule has 0 aromatic heterocycles. The summed E-state index contributed by atoms with van der Waals surface area (Å²) in [4.78, 5) is 14.2. The largest absolute Gasteiger partial charge is 0.295 e. The van der Waals surface area contributed by atoms with Gasteiger partial charge in [0, 0.05) is 10.7 Å². The Labute approximate surface area is 140 Å². The van der Waals surface area contributed by atoms with Crippen LogP contribution in [0.3, 0.4) is 0 Å². The van der Waals surface area contributed by atoms with E-state index in [1.807, 2.05) is 41.3 Å². The first kappa shape index (κ1) is 15.4. The van der Waals surface area contributed by atoms with E-state index >= 15 is 0 Å². The second-order valence-corrected chi connectivity index (χ2v) is 7.23. The van der Waals surface area contributed by atoms with Crippen LogP contribution < -0.4 is 4.90 Å². The molecule has 114 valence electrons. The number of thioether (sulfide) groups is 1. The Morgan fingerprint density at radius 3 is 2.32 bits per heavy atom. The van der Waals surface area contributed by atoms with Crippen LogP contribution in [-0.4, -0.2) is 11.7 Å². The van der Waals surface area contributed by atoms with Crippen molar-refractivity contribution in [3.63, 3.8) is 0 Å². The van der Waals surface area contributed by atoms with Crippen molar-refractivity contribution >= 4 is 35.0 Å². The number of benzene rings is 2. The Morgan fingerprint density at radius 2 is 1.73 bits per heavy atom. The van der Waals surface area contributed by atoms with Crippen LogP contribution in [0.1, 0.15) is 36.3 Å². The molecule has 1 atom stereocenters. The second-order valence-electron chi connectivity index (χ2n) is 5.72. The molecule has 0 N–H and O–H groups in total. The molecule has 2 aromatic rings. The number of carbonyl (C=O) groups is 1. The maximum atomic E-state index is 12.3. The number of anilines is 1. The highest BCUT2D eigenvalue weighted by Crippen LogP contribution is 2.42. The molecule has 0 aliphatic carbocycles. The zero-order valence-electron chi connectivity index (χ0n) is 12.6. The van der Waals surface area contributed by atoms with E-state index in [1.165, 1.54) is 5.56 Å². The highest BCUT2D eigenvalue weighted by atomic mass is 35.5. The fourth-order valence-electron chi connectivity index (χ4n) is 2.60. The van der Waals surface area contributed by atoms with Gasteiger partial charge >= 0.3 is 0 Å². The molecule has 1 fully saturated rings. The topological polar surface area (TPSA) is 20.3 Å². The second kappa shape index (κ2) is 6.35. The maximum absolute atomic E-state index is 12.3. The minimum absolute atomic E-state index is 0.0228. The van der Waals surface area contributed by atoms with Crippen molar-refractivity contribution in [2.45, 2.75) is 25.1 Å². The minimum Gasteiger partial charge on any atom is -0.295 e. The van der Waals surface area contributed by atoms with Crippen molar-refractivity contribution in [3.05, 3.63) is 64.7 Å². The first-order valence-corrected chi connectivity index (χ1v) is 8.78. The van der Waals surface area contributed by atoms with Gasteiger partial charge in [0.1, 0.15) is 5.37 Å². The van der Waals surface area contributed by atoms with Crippen LogP contribution in [-0.2, 0) is 4.79 Å². The molecule has 22 heavy (non-hydrogen) atoms. The summed E-state index contributed by atoms with van der Waals surface area (Å²) in [5, 5.41) is 0.737. The molecule has 2 nitrogen and oxygen atoms in total. The van der Waals surface area contributed by atoms with Crippen molar-refractivity contribution in [3.8, 4) is 0 Å². The van der Waals surface area contributed by atoms with Crippen LogP contribution in [0.25, 0.3) is 0 Å². The minimum atomic E-state index is 0.0228. The summed E-state index contributed by atoms with van der Waals surface area (Å²) in [6, 6.07) is 16.0. The molecular weight excluding hydrogens is 314 g/mol. The molecule has 2 aromatic carbocycles. The summed E-state index contributed by atoms with van der Waals surface area (Å²) < 4.78 is 0. The summed E-state index contributed by atoms with van der Waals surface area (Å²) in [6.07, 6.45) is 0. The van der Waals surface area contributed by atoms with Crippen LogP contribution in [0.15, 0.2) is 48.5 Å². The first-order valence-electron chi connectivity index (χ1n) is 7.35. The number of nitrogens with zero attached hydrogens (tertiary/aromatic N) is 1. The number of carbonyl (C=O) groups excluding carboxylic acids is 1. The molecule has 1 aliphatic rings. The van der Waals surface area contributed by atoms with E-state index in [2.05, 4.69) is 26.0 Å². The van der Waals surface area contributed by atoms with Crippen LogP contribution in [0.2, 0.25) is 5.02 Å². The average molecular weight is 332 g/mol. The fourth-order valence-corrected chi connectivity index (χ4v) is 3.90. The van der Waals surface area contributed by atoms with Crippen molar-refractivity contribution < 1.29 is 4.79 Å². The third kappa shape index (κ3) is 3.01. The van der Waals surface area contributed by atoms with Gasteiger partial charge in [-0.25, -0.2) is 0 Å². The number of rotatable bonds is 3. The Morgan fingerprint density at radius 1 is 1.09 bits per heavy atom. The lowest BCUT2D eigenvalue weighted by molar-refractivity contribution is -0.115. The van der Waals surface area contributed by atoms with Gasteiger partial charge in [-0.05, 0) is 41.3 Å². The van der Waals surface area contributed by atoms with Gasteiger partial charge in [-0.1, -0.05) is 49.7 Å². The van der Waals surface area contributed by atoms with Gasteiger partial charge in [-0.2, -0.15) is 0 Å². The summed E-state index contributed by atoms with van der Waals surface area (Å²) in [5.74, 6) is 1.16. The molecule has 3 rings (SSSR count). The molecule has 0 radical (unpaired) electrons. The molecule has 0 saturated carbocycles. The fraction of sp³-hybridized carbons (Fsp3) is 0.278. The Kier molecular flexibility index (Phi) is 4.46. The molecule has 1 unspecified atom stereocenters. The van der Waals surface area contributed by atoms with E-state index in [9.17, 15) is 4.79 Å². The third-order valence-corrected chi connectivity index (χ3v) is 5.33. The average Bonchev–Trinajstić information content (AvgIpc) is 2.90. The quantitative estimate of drug-likeness (QED) is 0.766. The Hall–Kier alpha value is -1.45. The molecule has 4 heteroatoms. The molecule has 1 amide bonds. The zero-order chi connectivity index (χ0) is 15.7. The highest BCUT2D eigenvalue weighted by Gasteiger charge is 2.33. The van der Waals surface area contributed by atoms with Gasteiger partial charge in [0.25, 0.3) is 0 Å². The Bertz CT molecular complexity index is 666. The number of hydrogen-bond acceptors (Lipinski definition) is 2. The lowest BCUT2D eigenvalue weighted by atomic mass is 10.0. The van der Waals surface area contributed by atoms with Crippen LogP contribution in [0.4, 0.5) is 5.69 Å². The van der Waals surface area contributed by atoms with Gasteiger partial charge in [0.2, 0.25) is 5.91 Å². The van der Waals surface area contributed by atoms with Crippen LogP contribution in [0, 0.1) is 0 Å². The van der Waals surface area contributed by atoms with Crippen molar-refractivity contribution in [1.82, 2.24) is 0 Å². The van der Waals surface area contributed by atoms with E-state index in [-0.39, 0.29) is 11.3 Å². The smallest absolute Gasteiger partial charge is 0.238 e. The van der Waals surface area contributed by atoms with Gasteiger partial charge in [-0.15, -0.1) is 11.8 Å². The monoisotopic (exact) mass is 331 g/mol. The van der Waals surface area contributed by atoms with Gasteiger partial charge < -0.3 is 0 Å². The normalized spacial score (nSPS) is 18.3. The van der Waals surface area contributed by atoms with Crippen molar-refractivity contribution in [2.75, 3.05) is 10.7 Å². The summed E-state index contributed by atoms with van der Waals surface area (Å²) >= 11 is 7.62. The van der Waals surface area contributed by atoms with Crippen molar-refractivity contribution in [2.24, 2.45) is 0 Å². The molecule has 1 saturated heterocycles. The van der Waals surface area contributed by atoms with E-state index in [1.54, 1.807) is 11.8 Å². The molecule has 1 heterocycles. The molecule has 0 spiro atoms. The molecular formula is C18H18ClNOS. The predicted molar refractivity (Wildman–Crippen MR) is 94.7 cm³/mol. The van der Waals surface area contributed by atoms with Crippen LogP contribution in [0.5, 0.6) is 0 Å². The van der Waals surface area contributed by atoms with Gasteiger partial charge in [0.15, 0.2) is 0 Å². The zero-order valence-corrected chi connectivity index (χ0v) is 14.2. The molecule has 0 bridgehead atoms. The lowest BCUT2D eigenvalue weighted by Crippen LogP contribution is -2.27. The summed E-state index contributed by atoms with van der Waals surface area (Å²) in [7, 11) is 0. The predicted octanol–water partition coefficient (Wildman–Crippen LogP) is 5.24. The number of hydrogen-bond donors (Lipinski definition) is 0. The number of halogens is 1. The lowest BCUT2D eigenvalue weighted by Gasteiger charge is -2.24. The molecule has 1 aliphatic heterocycles. The standard InChI is InChI=1S/C18H18ClNOS/c1-12(2)13-5-9-16(10-6-13)20-17(21)11-22-18(20)14-3-7-15(19)8-4-14/h3-10,12,18H,11H2,1-2H3. The van der Waals surface area contributed by atoms with Crippen LogP contribution >= 0.6 is 23.4 Å². The van der Waals surface area contributed by atoms with E-state index in [0.29, 0.717) is 16.7 Å². The Balaban J connectivity index is 1.92. The van der Waals surface area contributed by atoms with Crippen molar-refractivity contribution in [1.29, 1.82) is 0 Å². The summed E-state index contributed by atoms with van der Waals surface area (Å²) in [6.45, 7) is 4.34. The van der Waals surface area contributed by atoms with E-state index < -0.39 is 0 Å².